The van der Waals surface area contributed by atoms with E-state index in [1.54, 1.807) is 11.0 Å². The van der Waals surface area contributed by atoms with Crippen molar-refractivity contribution >= 4 is 28.4 Å². The number of methoxy groups -OCH3 is 1. The van der Waals surface area contributed by atoms with E-state index in [4.69, 9.17) is 16.3 Å². The van der Waals surface area contributed by atoms with Crippen LogP contribution in [0.25, 0.3) is 10.9 Å². The summed E-state index contributed by atoms with van der Waals surface area (Å²) in [4.78, 5) is 25.9. The molecule has 1 aliphatic heterocycles. The fourth-order valence-electron chi connectivity index (χ4n) is 3.21. The summed E-state index contributed by atoms with van der Waals surface area (Å²) >= 11 is 6.12. The van der Waals surface area contributed by atoms with E-state index >= 15 is 0 Å². The first-order valence-electron chi connectivity index (χ1n) is 7.99. The van der Waals surface area contributed by atoms with Crippen LogP contribution >= 0.6 is 11.6 Å². The van der Waals surface area contributed by atoms with Gasteiger partial charge in [-0.1, -0.05) is 17.7 Å². The molecular formula is C18H14ClN5O2. The number of rotatable bonds is 2. The van der Waals surface area contributed by atoms with Crippen LogP contribution in [0, 0.1) is 11.3 Å². The molecule has 0 spiro atoms. The molecule has 7 nitrogen and oxygen atoms in total. The summed E-state index contributed by atoms with van der Waals surface area (Å²) < 4.78 is 5.02. The highest BCUT2D eigenvalue weighted by Gasteiger charge is 2.27. The highest BCUT2D eigenvalue weighted by molar-refractivity contribution is 6.32. The molecule has 1 N–H and O–H groups in total. The van der Waals surface area contributed by atoms with E-state index < -0.39 is 0 Å². The van der Waals surface area contributed by atoms with Gasteiger partial charge in [-0.25, -0.2) is 9.97 Å². The van der Waals surface area contributed by atoms with Crippen molar-refractivity contribution in [1.82, 2.24) is 19.9 Å². The van der Waals surface area contributed by atoms with E-state index in [0.29, 0.717) is 35.8 Å². The molecule has 1 aliphatic rings. The van der Waals surface area contributed by atoms with E-state index in [9.17, 15) is 10.1 Å². The van der Waals surface area contributed by atoms with E-state index in [1.165, 1.54) is 19.5 Å². The lowest BCUT2D eigenvalue weighted by Crippen LogP contribution is -2.36. The molecule has 2 aromatic heterocycles. The summed E-state index contributed by atoms with van der Waals surface area (Å²) in [7, 11) is 1.52. The molecule has 0 bridgehead atoms. The zero-order valence-corrected chi connectivity index (χ0v) is 14.7. The number of carbonyl (C=O) groups excluding carboxylic acids is 1. The first kappa shape index (κ1) is 16.4. The van der Waals surface area contributed by atoms with Gasteiger partial charge < -0.3 is 14.6 Å². The van der Waals surface area contributed by atoms with Crippen LogP contribution in [0.1, 0.15) is 27.4 Å². The minimum atomic E-state index is -0.234. The molecule has 0 fully saturated rings. The largest absolute Gasteiger partial charge is 0.494 e. The molecule has 0 radical (unpaired) electrons. The number of amides is 1. The highest BCUT2D eigenvalue weighted by Crippen LogP contribution is 2.32. The molecule has 0 saturated heterocycles. The number of nitriles is 1. The predicted octanol–water partition coefficient (Wildman–Crippen LogP) is 2.69. The van der Waals surface area contributed by atoms with Crippen molar-refractivity contribution in [2.24, 2.45) is 0 Å². The van der Waals surface area contributed by atoms with Crippen LogP contribution in [0.3, 0.4) is 0 Å². The molecule has 0 atom stereocenters. The standard InChI is InChI=1S/C18H14ClN5O2/c1-26-10-7-21-17(22-8-10)18(25)24-5-4-15-13(9-24)11-2-3-14(19)12(6-20)16(11)23-15/h2-3,7-8,23H,4-5,9H2,1H3. The van der Waals surface area contributed by atoms with Crippen molar-refractivity contribution < 1.29 is 9.53 Å². The van der Waals surface area contributed by atoms with Crippen LogP contribution in [-0.4, -0.2) is 39.4 Å². The monoisotopic (exact) mass is 367 g/mol. The number of aromatic amines is 1. The van der Waals surface area contributed by atoms with Crippen molar-refractivity contribution in [2.75, 3.05) is 13.7 Å². The van der Waals surface area contributed by atoms with Crippen molar-refractivity contribution in [3.05, 3.63) is 52.2 Å². The van der Waals surface area contributed by atoms with Crippen LogP contribution in [0.2, 0.25) is 5.02 Å². The first-order chi connectivity index (χ1) is 12.6. The Kier molecular flexibility index (Phi) is 3.98. The maximum Gasteiger partial charge on any atom is 0.291 e. The summed E-state index contributed by atoms with van der Waals surface area (Å²) in [6, 6.07) is 5.74. The topological polar surface area (TPSA) is 94.9 Å². The molecule has 26 heavy (non-hydrogen) atoms. The van der Waals surface area contributed by atoms with Gasteiger partial charge in [0.05, 0.1) is 35.6 Å². The molecule has 3 aromatic rings. The van der Waals surface area contributed by atoms with Gasteiger partial charge in [0, 0.05) is 36.2 Å². The molecule has 1 aromatic carbocycles. The van der Waals surface area contributed by atoms with Crippen LogP contribution in [-0.2, 0) is 13.0 Å². The van der Waals surface area contributed by atoms with Gasteiger partial charge in [-0.3, -0.25) is 4.79 Å². The van der Waals surface area contributed by atoms with Gasteiger partial charge in [0.25, 0.3) is 5.91 Å². The number of benzene rings is 1. The lowest BCUT2D eigenvalue weighted by Gasteiger charge is -2.26. The van der Waals surface area contributed by atoms with Crippen molar-refractivity contribution in [3.63, 3.8) is 0 Å². The Morgan fingerprint density at radius 1 is 1.38 bits per heavy atom. The minimum Gasteiger partial charge on any atom is -0.494 e. The number of hydrogen-bond acceptors (Lipinski definition) is 5. The zero-order chi connectivity index (χ0) is 18.3. The van der Waals surface area contributed by atoms with Gasteiger partial charge in [0.1, 0.15) is 6.07 Å². The molecule has 1 amide bonds. The maximum atomic E-state index is 12.7. The third-order valence-corrected chi connectivity index (χ3v) is 4.87. The SMILES string of the molecule is COc1cnc(C(=O)N2CCc3[nH]c4c(C#N)c(Cl)ccc4c3C2)nc1. The summed E-state index contributed by atoms with van der Waals surface area (Å²) in [6.45, 7) is 0.972. The second-order valence-electron chi connectivity index (χ2n) is 5.96. The highest BCUT2D eigenvalue weighted by atomic mass is 35.5. The molecule has 0 saturated carbocycles. The number of carbonyl (C=O) groups is 1. The second kappa shape index (κ2) is 6.32. The summed E-state index contributed by atoms with van der Waals surface area (Å²) in [6.07, 6.45) is 3.61. The number of hydrogen-bond donors (Lipinski definition) is 1. The van der Waals surface area contributed by atoms with Crippen molar-refractivity contribution in [1.29, 1.82) is 5.26 Å². The third kappa shape index (κ3) is 2.55. The Morgan fingerprint density at radius 2 is 2.15 bits per heavy atom. The molecule has 3 heterocycles. The number of fused-ring (bicyclic) bond motifs is 3. The number of ether oxygens (including phenoxy) is 1. The van der Waals surface area contributed by atoms with E-state index in [1.807, 2.05) is 6.07 Å². The number of nitrogens with one attached hydrogen (secondary N) is 1. The zero-order valence-electron chi connectivity index (χ0n) is 13.9. The number of H-pyrrole nitrogens is 1. The number of aromatic nitrogens is 3. The van der Waals surface area contributed by atoms with Crippen LogP contribution in [0.4, 0.5) is 0 Å². The smallest absolute Gasteiger partial charge is 0.291 e. The van der Waals surface area contributed by atoms with E-state index in [0.717, 1.165) is 22.2 Å². The van der Waals surface area contributed by atoms with Gasteiger partial charge in [0.15, 0.2) is 5.75 Å². The third-order valence-electron chi connectivity index (χ3n) is 4.55. The minimum absolute atomic E-state index is 0.134. The van der Waals surface area contributed by atoms with Gasteiger partial charge >= 0.3 is 0 Å². The van der Waals surface area contributed by atoms with Crippen LogP contribution in [0.15, 0.2) is 24.5 Å². The molecular weight excluding hydrogens is 354 g/mol. The fourth-order valence-corrected chi connectivity index (χ4v) is 3.41. The Bertz CT molecular complexity index is 1050. The van der Waals surface area contributed by atoms with E-state index in [2.05, 4.69) is 21.0 Å². The first-order valence-corrected chi connectivity index (χ1v) is 8.37. The normalized spacial score (nSPS) is 13.3. The van der Waals surface area contributed by atoms with Crippen LogP contribution < -0.4 is 4.74 Å². The second-order valence-corrected chi connectivity index (χ2v) is 6.37. The van der Waals surface area contributed by atoms with Gasteiger partial charge in [-0.2, -0.15) is 5.26 Å². The molecule has 0 unspecified atom stereocenters. The Balaban J connectivity index is 1.68. The maximum absolute atomic E-state index is 12.7. The lowest BCUT2D eigenvalue weighted by atomic mass is 10.0. The summed E-state index contributed by atoms with van der Waals surface area (Å²) in [5, 5.41) is 10.7. The molecule has 0 aliphatic carbocycles. The average Bonchev–Trinajstić information content (AvgIpc) is 3.05. The molecule has 8 heteroatoms. The van der Waals surface area contributed by atoms with E-state index in [-0.39, 0.29) is 11.7 Å². The molecule has 4 rings (SSSR count). The van der Waals surface area contributed by atoms with Gasteiger partial charge in [-0.05, 0) is 6.07 Å². The van der Waals surface area contributed by atoms with Crippen LogP contribution in [0.5, 0.6) is 5.75 Å². The quantitative estimate of drug-likeness (QED) is 0.751. The Hall–Kier alpha value is -3.11. The Morgan fingerprint density at radius 3 is 2.85 bits per heavy atom. The molecule has 130 valence electrons. The predicted molar refractivity (Wildman–Crippen MR) is 95.1 cm³/mol. The fraction of sp³-hybridized carbons (Fsp3) is 0.222. The average molecular weight is 368 g/mol. The Labute approximate surface area is 154 Å². The van der Waals surface area contributed by atoms with Gasteiger partial charge in [0.2, 0.25) is 5.82 Å². The van der Waals surface area contributed by atoms with Gasteiger partial charge in [-0.15, -0.1) is 0 Å². The lowest BCUT2D eigenvalue weighted by molar-refractivity contribution is 0.0722. The van der Waals surface area contributed by atoms with Crippen molar-refractivity contribution in [3.8, 4) is 11.8 Å². The number of nitrogens with zero attached hydrogens (tertiary/aromatic N) is 4. The summed E-state index contributed by atoms with van der Waals surface area (Å²) in [5.41, 5.74) is 3.18. The number of halogens is 1. The van der Waals surface area contributed by atoms with Crippen molar-refractivity contribution in [2.45, 2.75) is 13.0 Å². The summed E-state index contributed by atoms with van der Waals surface area (Å²) in [5.74, 6) is 0.400.